The maximum Gasteiger partial charge on any atom is 0.248 e. The molecule has 0 aliphatic heterocycles. The lowest BCUT2D eigenvalue weighted by Crippen LogP contribution is -2.21. The van der Waals surface area contributed by atoms with Crippen LogP contribution in [0.5, 0.6) is 0 Å². The van der Waals surface area contributed by atoms with E-state index in [0.717, 1.165) is 48.4 Å². The lowest BCUT2D eigenvalue weighted by atomic mass is 10.1. The highest BCUT2D eigenvalue weighted by Crippen LogP contribution is 2.26. The first kappa shape index (κ1) is 29.6. The molecule has 0 saturated heterocycles. The van der Waals surface area contributed by atoms with Crippen molar-refractivity contribution in [3.05, 3.63) is 119 Å². The van der Waals surface area contributed by atoms with Gasteiger partial charge in [-0.1, -0.05) is 72.8 Å². The average Bonchev–Trinajstić information content (AvgIpc) is 3.56. The molecule has 0 spiro atoms. The molecule has 0 atom stereocenters. The SMILES string of the molecule is CCN(CC)c1ccc(/C=C/c2ccc(-c3nnc(-c4ccc(/C=C/c5ccc(N(CC)CC)cc5)cc4)o3)cc2)cc1. The van der Waals surface area contributed by atoms with Crippen molar-refractivity contribution in [3.63, 3.8) is 0 Å². The van der Waals surface area contributed by atoms with Crippen molar-refractivity contribution in [1.82, 2.24) is 10.2 Å². The molecule has 5 nitrogen and oxygen atoms in total. The van der Waals surface area contributed by atoms with Gasteiger partial charge in [0.25, 0.3) is 0 Å². The molecular formula is C38H40N4O. The second-order valence-corrected chi connectivity index (χ2v) is 10.4. The van der Waals surface area contributed by atoms with Gasteiger partial charge in [-0.2, -0.15) is 0 Å². The molecule has 0 saturated carbocycles. The van der Waals surface area contributed by atoms with Crippen LogP contribution in [0.4, 0.5) is 11.4 Å². The Morgan fingerprint density at radius 3 is 1.00 bits per heavy atom. The van der Waals surface area contributed by atoms with Crippen molar-refractivity contribution in [2.45, 2.75) is 27.7 Å². The minimum atomic E-state index is 0.509. The van der Waals surface area contributed by atoms with Crippen molar-refractivity contribution in [3.8, 4) is 22.9 Å². The van der Waals surface area contributed by atoms with Gasteiger partial charge in [0.15, 0.2) is 0 Å². The molecule has 5 rings (SSSR count). The summed E-state index contributed by atoms with van der Waals surface area (Å²) < 4.78 is 6.03. The van der Waals surface area contributed by atoms with Crippen LogP contribution >= 0.6 is 0 Å². The molecule has 1 aromatic heterocycles. The van der Waals surface area contributed by atoms with Crippen LogP contribution in [0.1, 0.15) is 49.9 Å². The van der Waals surface area contributed by atoms with Crippen LogP contribution in [-0.4, -0.2) is 36.4 Å². The second kappa shape index (κ2) is 14.3. The molecule has 0 N–H and O–H groups in total. The molecule has 0 aliphatic carbocycles. The number of anilines is 2. The standard InChI is InChI=1S/C38H40N4O/c1-5-41(6-2)35-25-17-31(18-26-35)11-9-29-13-21-33(22-14-29)37-39-40-38(43-37)34-23-15-30(16-24-34)10-12-32-19-27-36(28-20-32)42(7-3)8-4/h9-28H,5-8H2,1-4H3/b11-9+,12-10+. The third kappa shape index (κ3) is 7.49. The van der Waals surface area contributed by atoms with E-state index >= 15 is 0 Å². The summed E-state index contributed by atoms with van der Waals surface area (Å²) in [5.41, 5.74) is 8.87. The minimum Gasteiger partial charge on any atom is -0.416 e. The van der Waals surface area contributed by atoms with Crippen LogP contribution < -0.4 is 9.80 Å². The van der Waals surface area contributed by atoms with Gasteiger partial charge in [-0.05, 0) is 98.5 Å². The fraction of sp³-hybridized carbons (Fsp3) is 0.211. The van der Waals surface area contributed by atoms with Gasteiger partial charge < -0.3 is 14.2 Å². The van der Waals surface area contributed by atoms with Crippen LogP contribution in [0, 0.1) is 0 Å². The lowest BCUT2D eigenvalue weighted by Gasteiger charge is -2.20. The van der Waals surface area contributed by atoms with Gasteiger partial charge in [-0.3, -0.25) is 0 Å². The zero-order valence-electron chi connectivity index (χ0n) is 25.6. The number of nitrogens with zero attached hydrogens (tertiary/aromatic N) is 4. The third-order valence-electron chi connectivity index (χ3n) is 7.72. The largest absolute Gasteiger partial charge is 0.416 e. The van der Waals surface area contributed by atoms with E-state index in [4.69, 9.17) is 4.42 Å². The van der Waals surface area contributed by atoms with Gasteiger partial charge in [0.1, 0.15) is 0 Å². The number of aromatic nitrogens is 2. The van der Waals surface area contributed by atoms with Crippen LogP contribution in [0.15, 0.2) is 101 Å². The Kier molecular flexibility index (Phi) is 9.86. The average molecular weight is 569 g/mol. The Morgan fingerprint density at radius 1 is 0.442 bits per heavy atom. The summed E-state index contributed by atoms with van der Waals surface area (Å²) in [5, 5.41) is 8.59. The molecule has 0 fully saturated rings. The Hall–Kier alpha value is -4.90. The summed E-state index contributed by atoms with van der Waals surface area (Å²) in [6, 6.07) is 33.7. The van der Waals surface area contributed by atoms with Gasteiger partial charge >= 0.3 is 0 Å². The van der Waals surface area contributed by atoms with Gasteiger partial charge in [-0.15, -0.1) is 10.2 Å². The van der Waals surface area contributed by atoms with Crippen molar-refractivity contribution >= 4 is 35.7 Å². The number of benzene rings is 4. The van der Waals surface area contributed by atoms with Crippen LogP contribution in [0.3, 0.4) is 0 Å². The lowest BCUT2D eigenvalue weighted by molar-refractivity contribution is 0.584. The van der Waals surface area contributed by atoms with Crippen molar-refractivity contribution in [2.24, 2.45) is 0 Å². The molecule has 1 heterocycles. The maximum atomic E-state index is 6.03. The zero-order chi connectivity index (χ0) is 30.0. The molecule has 5 aromatic rings. The Morgan fingerprint density at radius 2 is 0.721 bits per heavy atom. The summed E-state index contributed by atoms with van der Waals surface area (Å²) in [4.78, 5) is 4.69. The molecular weight excluding hydrogens is 528 g/mol. The Labute approximate surface area is 255 Å². The highest BCUT2D eigenvalue weighted by atomic mass is 16.4. The van der Waals surface area contributed by atoms with Gasteiger partial charge in [0.05, 0.1) is 0 Å². The van der Waals surface area contributed by atoms with E-state index in [0.29, 0.717) is 11.8 Å². The van der Waals surface area contributed by atoms with Gasteiger partial charge in [-0.25, -0.2) is 0 Å². The van der Waals surface area contributed by atoms with Crippen molar-refractivity contribution < 1.29 is 4.42 Å². The van der Waals surface area contributed by atoms with E-state index in [1.807, 2.05) is 24.3 Å². The molecule has 0 radical (unpaired) electrons. The summed E-state index contributed by atoms with van der Waals surface area (Å²) >= 11 is 0. The van der Waals surface area contributed by atoms with E-state index in [1.165, 1.54) is 22.5 Å². The predicted octanol–water partition coefficient (Wildman–Crippen LogP) is 9.44. The molecule has 43 heavy (non-hydrogen) atoms. The molecule has 218 valence electrons. The number of hydrogen-bond donors (Lipinski definition) is 0. The Bertz CT molecular complexity index is 1500. The topological polar surface area (TPSA) is 45.4 Å². The van der Waals surface area contributed by atoms with E-state index in [9.17, 15) is 0 Å². The smallest absolute Gasteiger partial charge is 0.248 e. The van der Waals surface area contributed by atoms with E-state index in [-0.39, 0.29) is 0 Å². The van der Waals surface area contributed by atoms with Crippen molar-refractivity contribution in [1.29, 1.82) is 0 Å². The number of hydrogen-bond acceptors (Lipinski definition) is 5. The van der Waals surface area contributed by atoms with Crippen LogP contribution in [-0.2, 0) is 0 Å². The fourth-order valence-electron chi connectivity index (χ4n) is 5.09. The van der Waals surface area contributed by atoms with Crippen LogP contribution in [0.25, 0.3) is 47.2 Å². The number of rotatable bonds is 12. The molecule has 0 unspecified atom stereocenters. The zero-order valence-corrected chi connectivity index (χ0v) is 25.6. The molecule has 0 bridgehead atoms. The quantitative estimate of drug-likeness (QED) is 0.140. The normalized spacial score (nSPS) is 11.4. The van der Waals surface area contributed by atoms with E-state index in [1.54, 1.807) is 0 Å². The highest BCUT2D eigenvalue weighted by molar-refractivity contribution is 5.73. The first-order chi connectivity index (χ1) is 21.1. The molecule has 0 aliphatic rings. The van der Waals surface area contributed by atoms with E-state index < -0.39 is 0 Å². The second-order valence-electron chi connectivity index (χ2n) is 10.4. The summed E-state index contributed by atoms with van der Waals surface area (Å²) in [7, 11) is 0. The monoisotopic (exact) mass is 568 g/mol. The van der Waals surface area contributed by atoms with Crippen molar-refractivity contribution in [2.75, 3.05) is 36.0 Å². The van der Waals surface area contributed by atoms with E-state index in [2.05, 4.69) is 145 Å². The predicted molar refractivity (Wildman–Crippen MR) is 183 cm³/mol. The first-order valence-electron chi connectivity index (χ1n) is 15.2. The maximum absolute atomic E-state index is 6.03. The summed E-state index contributed by atoms with van der Waals surface area (Å²) in [5.74, 6) is 1.02. The van der Waals surface area contributed by atoms with Gasteiger partial charge in [0.2, 0.25) is 11.8 Å². The highest BCUT2D eigenvalue weighted by Gasteiger charge is 2.10. The van der Waals surface area contributed by atoms with Crippen LogP contribution in [0.2, 0.25) is 0 Å². The third-order valence-corrected chi connectivity index (χ3v) is 7.72. The minimum absolute atomic E-state index is 0.509. The Balaban J connectivity index is 1.19. The van der Waals surface area contributed by atoms with Gasteiger partial charge in [0, 0.05) is 48.7 Å². The molecule has 0 amide bonds. The summed E-state index contributed by atoms with van der Waals surface area (Å²) in [6.45, 7) is 12.8. The molecule has 5 heteroatoms. The fourth-order valence-corrected chi connectivity index (χ4v) is 5.09. The molecule has 4 aromatic carbocycles. The summed E-state index contributed by atoms with van der Waals surface area (Å²) in [6.07, 6.45) is 8.50. The first-order valence-corrected chi connectivity index (χ1v) is 15.2.